The van der Waals surface area contributed by atoms with Crippen molar-refractivity contribution in [3.8, 4) is 11.4 Å². The molecule has 1 fully saturated rings. The first-order valence-corrected chi connectivity index (χ1v) is 14.6. The molecule has 226 valence electrons. The molecular weight excluding hydrogens is 576 g/mol. The van der Waals surface area contributed by atoms with Gasteiger partial charge < -0.3 is 14.4 Å². The SMILES string of the molecule is COCC(C)(C)COc1c(N2CCN(S(=O)(=O)Cc3ccc([N+](=O)[O-])cc3)CC2)cnn(-c2cc(F)cc(F)c2)c1=O. The summed E-state index contributed by atoms with van der Waals surface area (Å²) in [5.74, 6) is -2.17. The molecular formula is C27H31F2N5O7S. The molecule has 1 saturated heterocycles. The average Bonchev–Trinajstić information content (AvgIpc) is 2.92. The van der Waals surface area contributed by atoms with Crippen molar-refractivity contribution < 1.29 is 31.6 Å². The highest BCUT2D eigenvalue weighted by Crippen LogP contribution is 2.28. The van der Waals surface area contributed by atoms with E-state index in [9.17, 15) is 32.1 Å². The van der Waals surface area contributed by atoms with E-state index in [4.69, 9.17) is 9.47 Å². The Hall–Kier alpha value is -3.95. The minimum Gasteiger partial charge on any atom is -0.486 e. The smallest absolute Gasteiger partial charge is 0.316 e. The van der Waals surface area contributed by atoms with Crippen LogP contribution in [0.4, 0.5) is 20.2 Å². The van der Waals surface area contributed by atoms with Crippen LogP contribution in [0, 0.1) is 27.2 Å². The zero-order chi connectivity index (χ0) is 30.7. The Morgan fingerprint density at radius 3 is 2.21 bits per heavy atom. The molecule has 2 aromatic carbocycles. The fraction of sp³-hybridized carbons (Fsp3) is 0.407. The van der Waals surface area contributed by atoms with Crippen molar-refractivity contribution >= 4 is 21.4 Å². The van der Waals surface area contributed by atoms with Crippen LogP contribution in [0.2, 0.25) is 0 Å². The third-order valence-corrected chi connectivity index (χ3v) is 8.47. The molecule has 1 aliphatic heterocycles. The van der Waals surface area contributed by atoms with Crippen LogP contribution in [0.1, 0.15) is 19.4 Å². The fourth-order valence-electron chi connectivity index (χ4n) is 4.56. The summed E-state index contributed by atoms with van der Waals surface area (Å²) in [7, 11) is -2.20. The second-order valence-corrected chi connectivity index (χ2v) is 12.6. The van der Waals surface area contributed by atoms with E-state index in [1.165, 1.54) is 34.8 Å². The topological polar surface area (TPSA) is 137 Å². The van der Waals surface area contributed by atoms with Crippen molar-refractivity contribution in [3.05, 3.63) is 86.3 Å². The van der Waals surface area contributed by atoms with Gasteiger partial charge in [-0.05, 0) is 17.7 Å². The number of nitrogens with zero attached hydrogens (tertiary/aromatic N) is 5. The number of hydrogen-bond acceptors (Lipinski definition) is 9. The zero-order valence-electron chi connectivity index (χ0n) is 23.3. The summed E-state index contributed by atoms with van der Waals surface area (Å²) < 4.78 is 67.4. The monoisotopic (exact) mass is 607 g/mol. The Balaban J connectivity index is 1.57. The summed E-state index contributed by atoms with van der Waals surface area (Å²) in [6.07, 6.45) is 1.35. The molecule has 15 heteroatoms. The lowest BCUT2D eigenvalue weighted by atomic mass is 9.96. The van der Waals surface area contributed by atoms with Crippen LogP contribution in [0.5, 0.6) is 5.75 Å². The molecule has 12 nitrogen and oxygen atoms in total. The lowest BCUT2D eigenvalue weighted by Gasteiger charge is -2.36. The van der Waals surface area contributed by atoms with Gasteiger partial charge in [0.25, 0.3) is 5.69 Å². The van der Waals surface area contributed by atoms with Gasteiger partial charge >= 0.3 is 5.56 Å². The molecule has 0 atom stereocenters. The molecule has 0 spiro atoms. The van der Waals surface area contributed by atoms with E-state index in [0.717, 1.165) is 16.8 Å². The van der Waals surface area contributed by atoms with Gasteiger partial charge in [-0.3, -0.25) is 14.9 Å². The van der Waals surface area contributed by atoms with Gasteiger partial charge in [0.15, 0.2) is 0 Å². The maximum Gasteiger partial charge on any atom is 0.316 e. The van der Waals surface area contributed by atoms with Crippen LogP contribution < -0.4 is 15.2 Å². The van der Waals surface area contributed by atoms with E-state index in [2.05, 4.69) is 5.10 Å². The van der Waals surface area contributed by atoms with Gasteiger partial charge in [-0.15, -0.1) is 0 Å². The first kappa shape index (κ1) is 31.0. The Bertz CT molecular complexity index is 1590. The number of aromatic nitrogens is 2. The number of ether oxygens (including phenoxy) is 2. The molecule has 3 aromatic rings. The van der Waals surface area contributed by atoms with Gasteiger partial charge in [0, 0.05) is 56.9 Å². The maximum atomic E-state index is 13.9. The third kappa shape index (κ3) is 7.27. The van der Waals surface area contributed by atoms with Crippen LogP contribution in [-0.4, -0.2) is 73.9 Å². The van der Waals surface area contributed by atoms with Gasteiger partial charge in [0.2, 0.25) is 15.8 Å². The van der Waals surface area contributed by atoms with E-state index in [0.29, 0.717) is 23.9 Å². The molecule has 0 unspecified atom stereocenters. The summed E-state index contributed by atoms with van der Waals surface area (Å²) in [5, 5.41) is 15.0. The van der Waals surface area contributed by atoms with Crippen molar-refractivity contribution in [1.82, 2.24) is 14.1 Å². The summed E-state index contributed by atoms with van der Waals surface area (Å²) in [6.45, 7) is 4.79. The van der Waals surface area contributed by atoms with Crippen molar-refractivity contribution in [2.45, 2.75) is 19.6 Å². The van der Waals surface area contributed by atoms with Crippen molar-refractivity contribution in [2.75, 3.05) is 51.4 Å². The van der Waals surface area contributed by atoms with Gasteiger partial charge in [-0.2, -0.15) is 14.1 Å². The molecule has 0 aliphatic carbocycles. The number of non-ortho nitro benzene ring substituents is 1. The van der Waals surface area contributed by atoms with E-state index < -0.39 is 37.6 Å². The molecule has 0 amide bonds. The van der Waals surface area contributed by atoms with Crippen molar-refractivity contribution in [2.24, 2.45) is 5.41 Å². The summed E-state index contributed by atoms with van der Waals surface area (Å²) in [4.78, 5) is 25.6. The number of anilines is 1. The quantitative estimate of drug-likeness (QED) is 0.238. The second kappa shape index (κ2) is 12.5. The molecule has 4 rings (SSSR count). The predicted octanol–water partition coefficient (Wildman–Crippen LogP) is 3.12. The first-order valence-electron chi connectivity index (χ1n) is 13.0. The molecule has 0 saturated carbocycles. The number of nitro benzene ring substituents is 1. The Kier molecular flexibility index (Phi) is 9.23. The molecule has 1 aliphatic rings. The van der Waals surface area contributed by atoms with Crippen LogP contribution in [0.15, 0.2) is 53.5 Å². The van der Waals surface area contributed by atoms with Gasteiger partial charge in [-0.1, -0.05) is 26.0 Å². The van der Waals surface area contributed by atoms with E-state index in [1.807, 2.05) is 13.8 Å². The van der Waals surface area contributed by atoms with E-state index in [1.54, 1.807) is 12.0 Å². The number of sulfonamides is 1. The normalized spacial score (nSPS) is 14.6. The third-order valence-electron chi connectivity index (χ3n) is 6.62. The number of hydrogen-bond donors (Lipinski definition) is 0. The van der Waals surface area contributed by atoms with E-state index >= 15 is 0 Å². The number of halogens is 2. The first-order chi connectivity index (χ1) is 19.8. The highest BCUT2D eigenvalue weighted by atomic mass is 32.2. The number of nitro groups is 1. The predicted molar refractivity (Wildman–Crippen MR) is 150 cm³/mol. The zero-order valence-corrected chi connectivity index (χ0v) is 24.1. The van der Waals surface area contributed by atoms with Crippen molar-refractivity contribution in [1.29, 1.82) is 0 Å². The standard InChI is InChI=1S/C27H31F2N5O7S/c1-27(2,17-40-3)18-41-25-24(15-30-33(26(25)35)23-13-20(28)12-21(29)14-23)31-8-10-32(11-9-31)42(38,39)16-19-4-6-22(7-5-19)34(36)37/h4-7,12-15H,8-11,16-18H2,1-3H3. The molecule has 0 radical (unpaired) electrons. The van der Waals surface area contributed by atoms with Gasteiger partial charge in [-0.25, -0.2) is 17.2 Å². The van der Waals surface area contributed by atoms with Crippen molar-refractivity contribution in [3.63, 3.8) is 0 Å². The van der Waals surface area contributed by atoms with Crippen LogP contribution >= 0.6 is 0 Å². The largest absolute Gasteiger partial charge is 0.486 e. The minimum atomic E-state index is -3.74. The number of rotatable bonds is 11. The van der Waals surface area contributed by atoms with Crippen LogP contribution in [-0.2, 0) is 20.5 Å². The number of benzene rings is 2. The summed E-state index contributed by atoms with van der Waals surface area (Å²) in [5.41, 5.74) is -0.743. The van der Waals surface area contributed by atoms with E-state index in [-0.39, 0.29) is 55.7 Å². The Morgan fingerprint density at radius 2 is 1.64 bits per heavy atom. The Morgan fingerprint density at radius 1 is 1.02 bits per heavy atom. The van der Waals surface area contributed by atoms with Gasteiger partial charge in [0.05, 0.1) is 35.8 Å². The molecule has 1 aromatic heterocycles. The lowest BCUT2D eigenvalue weighted by molar-refractivity contribution is -0.384. The minimum absolute atomic E-state index is 0.0776. The lowest BCUT2D eigenvalue weighted by Crippen LogP contribution is -2.49. The molecule has 0 bridgehead atoms. The number of piperazine rings is 1. The molecule has 2 heterocycles. The molecule has 42 heavy (non-hydrogen) atoms. The summed E-state index contributed by atoms with van der Waals surface area (Å²) in [6, 6.07) is 7.96. The fourth-order valence-corrected chi connectivity index (χ4v) is 6.07. The number of methoxy groups -OCH3 is 1. The van der Waals surface area contributed by atoms with Crippen LogP contribution in [0.25, 0.3) is 5.69 Å². The van der Waals surface area contributed by atoms with Gasteiger partial charge in [0.1, 0.15) is 17.3 Å². The maximum absolute atomic E-state index is 13.9. The molecule has 0 N–H and O–H groups in total. The highest BCUT2D eigenvalue weighted by Gasteiger charge is 2.30. The summed E-state index contributed by atoms with van der Waals surface area (Å²) >= 11 is 0. The van der Waals surface area contributed by atoms with Crippen LogP contribution in [0.3, 0.4) is 0 Å². The average molecular weight is 608 g/mol. The second-order valence-electron chi connectivity index (χ2n) is 10.7. The highest BCUT2D eigenvalue weighted by molar-refractivity contribution is 7.88. The Labute approximate surface area is 241 Å².